The van der Waals surface area contributed by atoms with Crippen LogP contribution in [-0.4, -0.2) is 80.9 Å². The molecule has 0 radical (unpaired) electrons. The Bertz CT molecular complexity index is 438. The van der Waals surface area contributed by atoms with E-state index >= 15 is 0 Å². The van der Waals surface area contributed by atoms with Gasteiger partial charge in [0.25, 0.3) is 0 Å². The van der Waals surface area contributed by atoms with E-state index in [0.717, 1.165) is 25.3 Å². The average molecular weight is 365 g/mol. The highest BCUT2D eigenvalue weighted by molar-refractivity contribution is 5.78. The Labute approximate surface area is 161 Å². The van der Waals surface area contributed by atoms with Crippen molar-refractivity contribution in [1.29, 1.82) is 0 Å². The van der Waals surface area contributed by atoms with E-state index in [2.05, 4.69) is 45.7 Å². The summed E-state index contributed by atoms with van der Waals surface area (Å²) in [5.41, 5.74) is 4.22. The Kier molecular flexibility index (Phi) is 12.0. The summed E-state index contributed by atoms with van der Waals surface area (Å²) in [5, 5.41) is 5.49. The first kappa shape index (κ1) is 22.7. The Hall–Kier alpha value is -1.37. The van der Waals surface area contributed by atoms with Gasteiger partial charge in [0.15, 0.2) is 0 Å². The summed E-state index contributed by atoms with van der Waals surface area (Å²) in [6.07, 6.45) is 12.7. The maximum Gasteiger partial charge on any atom is 0.0725 e. The van der Waals surface area contributed by atoms with Crippen molar-refractivity contribution in [3.63, 3.8) is 0 Å². The summed E-state index contributed by atoms with van der Waals surface area (Å²) in [6.45, 7) is 10.00. The summed E-state index contributed by atoms with van der Waals surface area (Å²) in [4.78, 5) is 9.34. The fourth-order valence-corrected chi connectivity index (χ4v) is 3.21. The van der Waals surface area contributed by atoms with Gasteiger partial charge in [-0.05, 0) is 45.7 Å². The molecule has 2 N–H and O–H groups in total. The molecule has 1 rings (SSSR count). The fourth-order valence-electron chi connectivity index (χ4n) is 3.21. The Morgan fingerprint density at radius 1 is 1.27 bits per heavy atom. The quantitative estimate of drug-likeness (QED) is 0.460. The summed E-state index contributed by atoms with van der Waals surface area (Å²) in [6, 6.07) is 0.646. The molecule has 1 aliphatic rings. The third-order valence-electron chi connectivity index (χ3n) is 4.97. The first-order valence-corrected chi connectivity index (χ1v) is 10.0. The molecule has 0 aromatic heterocycles. The number of hydrogen-bond acceptors (Lipinski definition) is 6. The van der Waals surface area contributed by atoms with E-state index in [-0.39, 0.29) is 0 Å². The van der Waals surface area contributed by atoms with Crippen LogP contribution in [0.2, 0.25) is 0 Å². The monoisotopic (exact) mass is 364 g/mol. The van der Waals surface area contributed by atoms with Crippen LogP contribution in [0.3, 0.4) is 0 Å². The summed E-state index contributed by atoms with van der Waals surface area (Å²) in [7, 11) is 6.07. The number of nitrogens with one attached hydrogen (secondary N) is 2. The van der Waals surface area contributed by atoms with Crippen LogP contribution < -0.4 is 10.7 Å². The lowest BCUT2D eigenvalue weighted by Crippen LogP contribution is -2.43. The minimum atomic E-state index is 0.646. The number of allylic oxidation sites excluding steroid dienone is 2. The van der Waals surface area contributed by atoms with Crippen LogP contribution in [-0.2, 0) is 0 Å². The summed E-state index contributed by atoms with van der Waals surface area (Å²) >= 11 is 0. The van der Waals surface area contributed by atoms with Gasteiger partial charge >= 0.3 is 0 Å². The van der Waals surface area contributed by atoms with E-state index in [1.165, 1.54) is 38.8 Å². The largest absolute Gasteiger partial charge is 0.372 e. The van der Waals surface area contributed by atoms with Crippen LogP contribution in [0, 0.1) is 0 Å². The number of aliphatic imine (C=N–C) groups is 1. The first-order chi connectivity index (χ1) is 12.6. The smallest absolute Gasteiger partial charge is 0.0725 e. The molecule has 150 valence electrons. The molecule has 0 saturated carbocycles. The molecule has 1 fully saturated rings. The van der Waals surface area contributed by atoms with Gasteiger partial charge in [-0.2, -0.15) is 0 Å². The normalized spacial score (nSPS) is 18.9. The summed E-state index contributed by atoms with van der Waals surface area (Å²) in [5.74, 6) is 0. The predicted molar refractivity (Wildman–Crippen MR) is 113 cm³/mol. The Morgan fingerprint density at radius 3 is 2.77 bits per heavy atom. The maximum atomic E-state index is 4.37. The molecule has 0 spiro atoms. The lowest BCUT2D eigenvalue weighted by Gasteiger charge is -2.34. The number of nitrogens with zero attached hydrogens (tertiary/aromatic N) is 4. The molecule has 0 amide bonds. The number of rotatable bonds is 10. The fraction of sp³-hybridized carbons (Fsp3) is 0.750. The molecule has 0 aromatic rings. The lowest BCUT2D eigenvalue weighted by atomic mass is 10.1. The second-order valence-electron chi connectivity index (χ2n) is 6.91. The van der Waals surface area contributed by atoms with Gasteiger partial charge in [-0.1, -0.05) is 13.0 Å². The van der Waals surface area contributed by atoms with Crippen molar-refractivity contribution in [1.82, 2.24) is 25.6 Å². The zero-order valence-corrected chi connectivity index (χ0v) is 17.5. The highest BCUT2D eigenvalue weighted by Crippen LogP contribution is 2.13. The highest BCUT2D eigenvalue weighted by atomic mass is 15.5. The minimum Gasteiger partial charge on any atom is -0.372 e. The van der Waals surface area contributed by atoms with Crippen molar-refractivity contribution in [2.24, 2.45) is 4.99 Å². The van der Waals surface area contributed by atoms with Crippen molar-refractivity contribution in [3.8, 4) is 0 Å². The van der Waals surface area contributed by atoms with Crippen molar-refractivity contribution in [2.75, 3.05) is 53.9 Å². The zero-order valence-electron chi connectivity index (χ0n) is 17.5. The van der Waals surface area contributed by atoms with Crippen molar-refractivity contribution in [2.45, 2.75) is 45.6 Å². The third kappa shape index (κ3) is 8.83. The van der Waals surface area contributed by atoms with E-state index in [4.69, 9.17) is 0 Å². The lowest BCUT2D eigenvalue weighted by molar-refractivity contribution is 0.162. The standard InChI is InChI=1S/C20H40N6/c1-6-11-23-17-20(18-25(5)21-3)24(4)15-10-19(7-2)26-14-9-8-12-22-13-16-26/h6,11,17-19,21-22H,7-10,12-16H2,1-5H3/b11-6+,20-18+,23-17+. The van der Waals surface area contributed by atoms with Gasteiger partial charge in [-0.3, -0.25) is 9.89 Å². The average Bonchev–Trinajstić information content (AvgIpc) is 2.62. The molecule has 0 aliphatic carbocycles. The van der Waals surface area contributed by atoms with E-state index in [0.29, 0.717) is 6.04 Å². The molecule has 1 saturated heterocycles. The second kappa shape index (κ2) is 13.8. The molecular formula is C20H40N6. The van der Waals surface area contributed by atoms with E-state index in [9.17, 15) is 0 Å². The molecular weight excluding hydrogens is 324 g/mol. The van der Waals surface area contributed by atoms with Gasteiger partial charge in [0.05, 0.1) is 11.9 Å². The first-order valence-electron chi connectivity index (χ1n) is 10.0. The van der Waals surface area contributed by atoms with Crippen LogP contribution >= 0.6 is 0 Å². The minimum absolute atomic E-state index is 0.646. The van der Waals surface area contributed by atoms with Crippen LogP contribution in [0.25, 0.3) is 0 Å². The van der Waals surface area contributed by atoms with Gasteiger partial charge in [-0.25, -0.2) is 5.43 Å². The van der Waals surface area contributed by atoms with Gasteiger partial charge in [0.1, 0.15) is 0 Å². The van der Waals surface area contributed by atoms with Crippen LogP contribution in [0.5, 0.6) is 0 Å². The van der Waals surface area contributed by atoms with Crippen LogP contribution in [0.1, 0.15) is 39.5 Å². The van der Waals surface area contributed by atoms with Gasteiger partial charge in [-0.15, -0.1) is 0 Å². The maximum absolute atomic E-state index is 4.37. The molecule has 0 bridgehead atoms. The van der Waals surface area contributed by atoms with Gasteiger partial charge in [0, 0.05) is 59.2 Å². The molecule has 1 heterocycles. The zero-order chi connectivity index (χ0) is 19.2. The van der Waals surface area contributed by atoms with E-state index < -0.39 is 0 Å². The Balaban J connectivity index is 2.67. The van der Waals surface area contributed by atoms with Gasteiger partial charge < -0.3 is 15.2 Å². The van der Waals surface area contributed by atoms with E-state index in [1.807, 2.05) is 44.5 Å². The molecule has 6 nitrogen and oxygen atoms in total. The van der Waals surface area contributed by atoms with Crippen LogP contribution in [0.4, 0.5) is 0 Å². The molecule has 1 unspecified atom stereocenters. The van der Waals surface area contributed by atoms with Gasteiger partial charge in [0.2, 0.25) is 0 Å². The number of hydrogen-bond donors (Lipinski definition) is 2. The van der Waals surface area contributed by atoms with Crippen molar-refractivity contribution >= 4 is 6.21 Å². The SMILES string of the molecule is C/C=C/N=C/C(=C\N(C)NC)N(C)CCC(CC)N1CCCCNCC1. The van der Waals surface area contributed by atoms with Crippen LogP contribution in [0.15, 0.2) is 29.2 Å². The number of hydrazine groups is 1. The molecule has 26 heavy (non-hydrogen) atoms. The predicted octanol–water partition coefficient (Wildman–Crippen LogP) is 2.28. The van der Waals surface area contributed by atoms with Crippen molar-refractivity contribution < 1.29 is 0 Å². The third-order valence-corrected chi connectivity index (χ3v) is 4.97. The topological polar surface area (TPSA) is 46.1 Å². The molecule has 0 aromatic carbocycles. The molecule has 1 aliphatic heterocycles. The molecule has 6 heteroatoms. The molecule has 1 atom stereocenters. The van der Waals surface area contributed by atoms with E-state index in [1.54, 1.807) is 0 Å². The highest BCUT2D eigenvalue weighted by Gasteiger charge is 2.18. The Morgan fingerprint density at radius 2 is 2.08 bits per heavy atom. The second-order valence-corrected chi connectivity index (χ2v) is 6.91. The summed E-state index contributed by atoms with van der Waals surface area (Å²) < 4.78 is 0. The van der Waals surface area contributed by atoms with Crippen molar-refractivity contribution in [3.05, 3.63) is 24.2 Å².